The molecule has 3 rings (SSSR count). The van der Waals surface area contributed by atoms with Crippen molar-refractivity contribution in [2.45, 2.75) is 39.4 Å². The van der Waals surface area contributed by atoms with E-state index in [0.29, 0.717) is 37.9 Å². The van der Waals surface area contributed by atoms with E-state index < -0.39 is 0 Å². The van der Waals surface area contributed by atoms with Gasteiger partial charge in [-0.1, -0.05) is 11.8 Å². The fourth-order valence-corrected chi connectivity index (χ4v) is 4.24. The van der Waals surface area contributed by atoms with Gasteiger partial charge in [0.05, 0.1) is 43.6 Å². The minimum Gasteiger partial charge on any atom is -0.492 e. The molecule has 1 saturated heterocycles. The number of benzene rings is 1. The van der Waals surface area contributed by atoms with Gasteiger partial charge in [0, 0.05) is 31.8 Å². The zero-order valence-corrected chi connectivity index (χ0v) is 19.5. The van der Waals surface area contributed by atoms with Crippen molar-refractivity contribution in [2.75, 3.05) is 55.5 Å². The number of hydrogen-bond acceptors (Lipinski definition) is 8. The van der Waals surface area contributed by atoms with Crippen LogP contribution in [0.15, 0.2) is 17.3 Å². The average Bonchev–Trinajstić information content (AvgIpc) is 3.14. The molecule has 0 bridgehead atoms. The van der Waals surface area contributed by atoms with Gasteiger partial charge in [-0.3, -0.25) is 4.79 Å². The number of thioether (sulfide) groups is 1. The maximum absolute atomic E-state index is 12.7. The molecule has 1 aliphatic heterocycles. The largest absolute Gasteiger partial charge is 0.492 e. The number of ether oxygens (including phenoxy) is 3. The number of carbonyl (C=O) groups excluding carboxylic acids is 1. The van der Waals surface area contributed by atoms with E-state index in [0.717, 1.165) is 42.1 Å². The van der Waals surface area contributed by atoms with Crippen molar-refractivity contribution in [1.29, 1.82) is 0 Å². The van der Waals surface area contributed by atoms with Crippen molar-refractivity contribution in [1.82, 2.24) is 14.8 Å². The maximum Gasteiger partial charge on any atom is 0.234 e. The predicted molar refractivity (Wildman–Crippen MR) is 122 cm³/mol. The van der Waals surface area contributed by atoms with Gasteiger partial charge in [0.1, 0.15) is 17.3 Å². The Kier molecular flexibility index (Phi) is 8.42. The van der Waals surface area contributed by atoms with Crippen LogP contribution in [0.25, 0.3) is 0 Å². The van der Waals surface area contributed by atoms with Gasteiger partial charge in [0.15, 0.2) is 5.16 Å². The van der Waals surface area contributed by atoms with Crippen LogP contribution in [0.3, 0.4) is 0 Å². The van der Waals surface area contributed by atoms with Crippen LogP contribution in [0.2, 0.25) is 0 Å². The molecule has 10 heteroatoms. The lowest BCUT2D eigenvalue weighted by Crippen LogP contribution is -2.36. The first-order valence-electron chi connectivity index (χ1n) is 10.7. The maximum atomic E-state index is 12.7. The van der Waals surface area contributed by atoms with Crippen LogP contribution < -0.4 is 19.7 Å². The number of aryl methyl sites for hydroxylation is 1. The second-order valence-corrected chi connectivity index (χ2v) is 7.83. The summed E-state index contributed by atoms with van der Waals surface area (Å²) in [7, 11) is 0. The highest BCUT2D eigenvalue weighted by atomic mass is 32.2. The van der Waals surface area contributed by atoms with Gasteiger partial charge in [-0.25, -0.2) is 0 Å². The highest BCUT2D eigenvalue weighted by molar-refractivity contribution is 7.99. The zero-order chi connectivity index (χ0) is 22.2. The van der Waals surface area contributed by atoms with Gasteiger partial charge in [-0.05, 0) is 27.7 Å². The monoisotopic (exact) mass is 449 g/mol. The SMILES string of the molecule is CCOc1cc(N2CCOCC2)c(OCC)cc1NC(=O)CSc1nnc(C)n1CC. The summed E-state index contributed by atoms with van der Waals surface area (Å²) >= 11 is 1.36. The van der Waals surface area contributed by atoms with E-state index in [1.54, 1.807) is 0 Å². The van der Waals surface area contributed by atoms with Crippen molar-refractivity contribution in [3.05, 3.63) is 18.0 Å². The fraction of sp³-hybridized carbons (Fsp3) is 0.571. The molecule has 170 valence electrons. The van der Waals surface area contributed by atoms with Gasteiger partial charge in [0.25, 0.3) is 0 Å². The fourth-order valence-electron chi connectivity index (χ4n) is 3.39. The van der Waals surface area contributed by atoms with Crippen LogP contribution in [0.5, 0.6) is 11.5 Å². The first-order chi connectivity index (χ1) is 15.1. The third-order valence-corrected chi connectivity index (χ3v) is 5.80. The summed E-state index contributed by atoms with van der Waals surface area (Å²) in [6, 6.07) is 3.79. The van der Waals surface area contributed by atoms with E-state index in [2.05, 4.69) is 20.4 Å². The Morgan fingerprint density at radius 1 is 1.13 bits per heavy atom. The molecule has 1 aliphatic rings. The molecule has 0 saturated carbocycles. The molecule has 1 N–H and O–H groups in total. The van der Waals surface area contributed by atoms with E-state index >= 15 is 0 Å². The van der Waals surface area contributed by atoms with E-state index in [9.17, 15) is 4.79 Å². The third kappa shape index (κ3) is 5.82. The van der Waals surface area contributed by atoms with Gasteiger partial charge in [-0.15, -0.1) is 10.2 Å². The molecule has 0 spiro atoms. The normalized spacial score (nSPS) is 13.9. The summed E-state index contributed by atoms with van der Waals surface area (Å²) in [4.78, 5) is 14.9. The second-order valence-electron chi connectivity index (χ2n) is 6.89. The summed E-state index contributed by atoms with van der Waals surface area (Å²) in [5.74, 6) is 2.26. The quantitative estimate of drug-likeness (QED) is 0.554. The van der Waals surface area contributed by atoms with Crippen molar-refractivity contribution in [3.8, 4) is 11.5 Å². The molecule has 1 aromatic carbocycles. The first-order valence-corrected chi connectivity index (χ1v) is 11.6. The van der Waals surface area contributed by atoms with Crippen LogP contribution >= 0.6 is 11.8 Å². The zero-order valence-electron chi connectivity index (χ0n) is 18.6. The number of aromatic nitrogens is 3. The summed E-state index contributed by atoms with van der Waals surface area (Å²) < 4.78 is 19.2. The molecule has 2 heterocycles. The number of nitrogens with zero attached hydrogens (tertiary/aromatic N) is 4. The second kappa shape index (κ2) is 11.2. The summed E-state index contributed by atoms with van der Waals surface area (Å²) in [6.45, 7) is 12.5. The smallest absolute Gasteiger partial charge is 0.234 e. The molecule has 9 nitrogen and oxygen atoms in total. The van der Waals surface area contributed by atoms with Crippen molar-refractivity contribution in [3.63, 3.8) is 0 Å². The molecule has 0 atom stereocenters. The summed E-state index contributed by atoms with van der Waals surface area (Å²) in [5.41, 5.74) is 1.55. The molecule has 1 aromatic heterocycles. The van der Waals surface area contributed by atoms with Crippen LogP contribution in [-0.2, 0) is 16.1 Å². The number of rotatable bonds is 10. The molecule has 1 fully saturated rings. The van der Waals surface area contributed by atoms with Gasteiger partial charge < -0.3 is 29.0 Å². The molecule has 0 unspecified atom stereocenters. The Bertz CT molecular complexity index is 883. The Morgan fingerprint density at radius 2 is 1.84 bits per heavy atom. The van der Waals surface area contributed by atoms with E-state index in [1.165, 1.54) is 11.8 Å². The average molecular weight is 450 g/mol. The highest BCUT2D eigenvalue weighted by Gasteiger charge is 2.21. The van der Waals surface area contributed by atoms with E-state index in [1.807, 2.05) is 44.4 Å². The van der Waals surface area contributed by atoms with Crippen LogP contribution in [-0.4, -0.2) is 65.9 Å². The van der Waals surface area contributed by atoms with Crippen LogP contribution in [0, 0.1) is 6.92 Å². The molecule has 1 amide bonds. The third-order valence-electron chi connectivity index (χ3n) is 4.84. The highest BCUT2D eigenvalue weighted by Crippen LogP contribution is 2.39. The van der Waals surface area contributed by atoms with Gasteiger partial charge in [-0.2, -0.15) is 0 Å². The summed E-state index contributed by atoms with van der Waals surface area (Å²) in [6.07, 6.45) is 0. The number of nitrogens with one attached hydrogen (secondary N) is 1. The van der Waals surface area contributed by atoms with Crippen molar-refractivity contribution < 1.29 is 19.0 Å². The molecular weight excluding hydrogens is 418 g/mol. The molecule has 0 aliphatic carbocycles. The lowest BCUT2D eigenvalue weighted by Gasteiger charge is -2.31. The minimum atomic E-state index is -0.143. The Hall–Kier alpha value is -2.46. The number of morpholine rings is 1. The van der Waals surface area contributed by atoms with E-state index in [-0.39, 0.29) is 11.7 Å². The van der Waals surface area contributed by atoms with Crippen molar-refractivity contribution >= 4 is 29.0 Å². The Balaban J connectivity index is 1.78. The minimum absolute atomic E-state index is 0.143. The lowest BCUT2D eigenvalue weighted by molar-refractivity contribution is -0.113. The molecule has 2 aromatic rings. The number of anilines is 2. The first kappa shape index (κ1) is 23.2. The Labute approximate surface area is 187 Å². The van der Waals surface area contributed by atoms with Crippen LogP contribution in [0.4, 0.5) is 11.4 Å². The Morgan fingerprint density at radius 3 is 2.52 bits per heavy atom. The van der Waals surface area contributed by atoms with Gasteiger partial charge >= 0.3 is 0 Å². The standard InChI is InChI=1S/C21H31N5O4S/c1-5-26-15(4)23-24-21(26)31-14-20(27)22-16-12-19(30-7-3)17(13-18(16)29-6-2)25-8-10-28-11-9-25/h12-13H,5-11,14H2,1-4H3,(H,22,27). The summed E-state index contributed by atoms with van der Waals surface area (Å²) in [5, 5.41) is 11.9. The lowest BCUT2D eigenvalue weighted by atomic mass is 10.2. The molecular formula is C21H31N5O4S. The number of carbonyl (C=O) groups is 1. The predicted octanol–water partition coefficient (Wildman–Crippen LogP) is 2.97. The van der Waals surface area contributed by atoms with Gasteiger partial charge in [0.2, 0.25) is 5.91 Å². The van der Waals surface area contributed by atoms with E-state index in [4.69, 9.17) is 14.2 Å². The molecule has 31 heavy (non-hydrogen) atoms. The molecule has 0 radical (unpaired) electrons. The topological polar surface area (TPSA) is 90.7 Å². The van der Waals surface area contributed by atoms with Crippen LogP contribution in [0.1, 0.15) is 26.6 Å². The van der Waals surface area contributed by atoms with Crippen molar-refractivity contribution in [2.24, 2.45) is 0 Å². The number of hydrogen-bond donors (Lipinski definition) is 1. The number of amides is 1.